The van der Waals surface area contributed by atoms with Crippen molar-refractivity contribution in [2.75, 3.05) is 6.61 Å². The molecule has 0 radical (unpaired) electrons. The zero-order valence-electron chi connectivity index (χ0n) is 11.6. The number of esters is 1. The Kier molecular flexibility index (Phi) is 4.02. The Morgan fingerprint density at radius 2 is 2.00 bits per heavy atom. The number of carbonyl (C=O) groups is 2. The number of benzene rings is 1. The van der Waals surface area contributed by atoms with Gasteiger partial charge in [0.2, 0.25) is 5.67 Å². The molecule has 20 heavy (non-hydrogen) atoms. The maximum atomic E-state index is 15.1. The van der Waals surface area contributed by atoms with Gasteiger partial charge in [-0.05, 0) is 25.0 Å². The zero-order valence-corrected chi connectivity index (χ0v) is 11.6. The van der Waals surface area contributed by atoms with Crippen molar-refractivity contribution in [1.82, 2.24) is 0 Å². The number of halogens is 1. The zero-order chi connectivity index (χ0) is 14.8. The Labute approximate surface area is 117 Å². The van der Waals surface area contributed by atoms with E-state index in [2.05, 4.69) is 0 Å². The molecule has 0 saturated heterocycles. The van der Waals surface area contributed by atoms with Crippen LogP contribution < -0.4 is 0 Å². The fraction of sp³-hybridized carbons (Fsp3) is 0.375. The quantitative estimate of drug-likeness (QED) is 0.613. The SMILES string of the molecule is CCCCOC(=O)C1=Cc2ccccc2C1(F)C(C)=O. The van der Waals surface area contributed by atoms with Crippen LogP contribution in [0.3, 0.4) is 0 Å². The van der Waals surface area contributed by atoms with Gasteiger partial charge in [0.25, 0.3) is 0 Å². The summed E-state index contributed by atoms with van der Waals surface area (Å²) in [6.45, 7) is 3.35. The molecule has 1 aromatic carbocycles. The first-order valence-electron chi connectivity index (χ1n) is 6.70. The van der Waals surface area contributed by atoms with Crippen LogP contribution in [-0.4, -0.2) is 18.4 Å². The van der Waals surface area contributed by atoms with Crippen molar-refractivity contribution in [3.05, 3.63) is 41.0 Å². The average Bonchev–Trinajstić information content (AvgIpc) is 2.74. The second-order valence-electron chi connectivity index (χ2n) is 4.85. The summed E-state index contributed by atoms with van der Waals surface area (Å²) >= 11 is 0. The number of fused-ring (bicyclic) bond motifs is 1. The van der Waals surface area contributed by atoms with Crippen molar-refractivity contribution < 1.29 is 18.7 Å². The number of alkyl halides is 1. The third kappa shape index (κ3) is 2.26. The molecular formula is C16H17FO3. The molecule has 1 aliphatic carbocycles. The predicted molar refractivity (Wildman–Crippen MR) is 73.8 cm³/mol. The summed E-state index contributed by atoms with van der Waals surface area (Å²) in [5.74, 6) is -1.46. The van der Waals surface area contributed by atoms with Crippen LogP contribution in [0.1, 0.15) is 37.8 Å². The molecule has 0 spiro atoms. The molecular weight excluding hydrogens is 259 g/mol. The first-order valence-corrected chi connectivity index (χ1v) is 6.70. The lowest BCUT2D eigenvalue weighted by Crippen LogP contribution is -2.33. The van der Waals surface area contributed by atoms with Crippen LogP contribution in [0.15, 0.2) is 29.8 Å². The molecule has 2 rings (SSSR count). The maximum Gasteiger partial charge on any atom is 0.338 e. The number of unbranched alkanes of at least 4 members (excludes halogenated alkanes) is 1. The van der Waals surface area contributed by atoms with Gasteiger partial charge in [0, 0.05) is 5.56 Å². The molecule has 1 unspecified atom stereocenters. The van der Waals surface area contributed by atoms with Gasteiger partial charge in [-0.25, -0.2) is 9.18 Å². The van der Waals surface area contributed by atoms with E-state index in [0.717, 1.165) is 13.3 Å². The van der Waals surface area contributed by atoms with Crippen molar-refractivity contribution in [3.63, 3.8) is 0 Å². The lowest BCUT2D eigenvalue weighted by Gasteiger charge is -2.21. The van der Waals surface area contributed by atoms with Crippen LogP contribution in [0.2, 0.25) is 0 Å². The second-order valence-corrected chi connectivity index (χ2v) is 4.85. The highest BCUT2D eigenvalue weighted by atomic mass is 19.1. The first kappa shape index (κ1) is 14.4. The summed E-state index contributed by atoms with van der Waals surface area (Å²) in [6.07, 6.45) is 3.00. The Bertz CT molecular complexity index is 577. The highest BCUT2D eigenvalue weighted by Gasteiger charge is 2.50. The topological polar surface area (TPSA) is 43.4 Å². The van der Waals surface area contributed by atoms with Gasteiger partial charge in [0.15, 0.2) is 5.78 Å². The monoisotopic (exact) mass is 276 g/mol. The van der Waals surface area contributed by atoms with Gasteiger partial charge in [-0.2, -0.15) is 0 Å². The summed E-state index contributed by atoms with van der Waals surface area (Å²) < 4.78 is 20.2. The molecule has 0 heterocycles. The van der Waals surface area contributed by atoms with Crippen molar-refractivity contribution in [2.45, 2.75) is 32.4 Å². The summed E-state index contributed by atoms with van der Waals surface area (Å²) in [5, 5.41) is 0. The van der Waals surface area contributed by atoms with Crippen LogP contribution in [0, 0.1) is 0 Å². The predicted octanol–water partition coefficient (Wildman–Crippen LogP) is 3.18. The number of rotatable bonds is 5. The first-order chi connectivity index (χ1) is 9.51. The molecule has 3 nitrogen and oxygen atoms in total. The number of ketones is 1. The molecule has 1 aromatic rings. The normalized spacial score (nSPS) is 20.2. The van der Waals surface area contributed by atoms with Gasteiger partial charge in [-0.1, -0.05) is 37.6 Å². The van der Waals surface area contributed by atoms with Crippen LogP contribution >= 0.6 is 0 Å². The molecule has 0 aromatic heterocycles. The van der Waals surface area contributed by atoms with E-state index >= 15 is 4.39 Å². The lowest BCUT2D eigenvalue weighted by atomic mass is 9.88. The molecule has 0 N–H and O–H groups in total. The molecule has 0 bridgehead atoms. The molecule has 0 fully saturated rings. The van der Waals surface area contributed by atoms with Gasteiger partial charge in [-0.15, -0.1) is 0 Å². The lowest BCUT2D eigenvalue weighted by molar-refractivity contribution is -0.143. The highest BCUT2D eigenvalue weighted by molar-refractivity contribution is 6.09. The number of hydrogen-bond donors (Lipinski definition) is 0. The van der Waals surface area contributed by atoms with Crippen LogP contribution in [-0.2, 0) is 20.0 Å². The standard InChI is InChI=1S/C16H17FO3/c1-3-4-9-20-15(19)14-10-12-7-5-6-8-13(12)16(14,17)11(2)18/h5-8,10H,3-4,9H2,1-2H3. The molecule has 0 aliphatic heterocycles. The average molecular weight is 276 g/mol. The van der Waals surface area contributed by atoms with Crippen LogP contribution in [0.4, 0.5) is 4.39 Å². The number of carbonyl (C=O) groups excluding carboxylic acids is 2. The molecule has 0 amide bonds. The number of Topliss-reactive ketones (excluding diaryl/α,β-unsaturated/α-hetero) is 1. The molecule has 106 valence electrons. The van der Waals surface area contributed by atoms with E-state index in [1.165, 1.54) is 12.1 Å². The summed E-state index contributed by atoms with van der Waals surface area (Å²) in [6, 6.07) is 6.59. The van der Waals surface area contributed by atoms with E-state index in [1.807, 2.05) is 6.92 Å². The third-order valence-electron chi connectivity index (χ3n) is 3.44. The number of hydrogen-bond acceptors (Lipinski definition) is 3. The van der Waals surface area contributed by atoms with Gasteiger partial charge in [0.05, 0.1) is 12.2 Å². The van der Waals surface area contributed by atoms with Crippen LogP contribution in [0.25, 0.3) is 6.08 Å². The van der Waals surface area contributed by atoms with E-state index < -0.39 is 17.4 Å². The Hall–Kier alpha value is -1.97. The summed E-state index contributed by atoms with van der Waals surface area (Å²) in [4.78, 5) is 23.8. The molecule has 4 heteroatoms. The fourth-order valence-electron chi connectivity index (χ4n) is 2.30. The van der Waals surface area contributed by atoms with Crippen molar-refractivity contribution in [2.24, 2.45) is 0 Å². The third-order valence-corrected chi connectivity index (χ3v) is 3.44. The molecule has 1 atom stereocenters. The van der Waals surface area contributed by atoms with E-state index in [9.17, 15) is 9.59 Å². The van der Waals surface area contributed by atoms with E-state index in [4.69, 9.17) is 4.74 Å². The summed E-state index contributed by atoms with van der Waals surface area (Å²) in [5.41, 5.74) is -1.84. The fourth-order valence-corrected chi connectivity index (χ4v) is 2.30. The van der Waals surface area contributed by atoms with Crippen molar-refractivity contribution in [3.8, 4) is 0 Å². The minimum absolute atomic E-state index is 0.218. The van der Waals surface area contributed by atoms with Gasteiger partial charge < -0.3 is 4.74 Å². The Morgan fingerprint density at radius 3 is 2.65 bits per heavy atom. The Morgan fingerprint density at radius 1 is 1.30 bits per heavy atom. The smallest absolute Gasteiger partial charge is 0.338 e. The van der Waals surface area contributed by atoms with Crippen LogP contribution in [0.5, 0.6) is 0 Å². The van der Waals surface area contributed by atoms with E-state index in [1.54, 1.807) is 18.2 Å². The van der Waals surface area contributed by atoms with E-state index in [-0.39, 0.29) is 17.7 Å². The summed E-state index contributed by atoms with van der Waals surface area (Å²) in [7, 11) is 0. The molecule has 0 saturated carbocycles. The maximum absolute atomic E-state index is 15.1. The molecule has 1 aliphatic rings. The number of ether oxygens (including phenoxy) is 1. The Balaban J connectivity index is 2.34. The van der Waals surface area contributed by atoms with E-state index in [0.29, 0.717) is 12.0 Å². The van der Waals surface area contributed by atoms with Gasteiger partial charge in [-0.3, -0.25) is 4.79 Å². The minimum Gasteiger partial charge on any atom is -0.462 e. The van der Waals surface area contributed by atoms with Gasteiger partial charge >= 0.3 is 5.97 Å². The van der Waals surface area contributed by atoms with Gasteiger partial charge in [0.1, 0.15) is 0 Å². The minimum atomic E-state index is -2.39. The van der Waals surface area contributed by atoms with Crippen molar-refractivity contribution in [1.29, 1.82) is 0 Å². The highest BCUT2D eigenvalue weighted by Crippen LogP contribution is 2.44. The largest absolute Gasteiger partial charge is 0.462 e. The van der Waals surface area contributed by atoms with Crippen molar-refractivity contribution >= 4 is 17.8 Å². The second kappa shape index (κ2) is 5.57.